The zero-order valence-electron chi connectivity index (χ0n) is 14.6. The lowest BCUT2D eigenvalue weighted by molar-refractivity contribution is -0.135. The minimum absolute atomic E-state index is 0.0206. The van der Waals surface area contributed by atoms with Gasteiger partial charge in [0.2, 0.25) is 11.8 Å². The highest BCUT2D eigenvalue weighted by Crippen LogP contribution is 2.25. The van der Waals surface area contributed by atoms with E-state index < -0.39 is 6.04 Å². The van der Waals surface area contributed by atoms with Gasteiger partial charge in [-0.3, -0.25) is 14.5 Å². The van der Waals surface area contributed by atoms with E-state index in [2.05, 4.69) is 20.8 Å². The second-order valence-corrected chi connectivity index (χ2v) is 7.95. The van der Waals surface area contributed by atoms with Crippen molar-refractivity contribution in [3.05, 3.63) is 34.9 Å². The zero-order valence-corrected chi connectivity index (χ0v) is 15.3. The van der Waals surface area contributed by atoms with Crippen molar-refractivity contribution in [1.29, 1.82) is 0 Å². The van der Waals surface area contributed by atoms with Gasteiger partial charge in [-0.1, -0.05) is 44.5 Å². The number of carbonyl (C=O) groups is 2. The highest BCUT2D eigenvalue weighted by Gasteiger charge is 2.31. The summed E-state index contributed by atoms with van der Waals surface area (Å²) in [5.41, 5.74) is 6.44. The molecule has 132 valence electrons. The number of carbonyl (C=O) groups excluding carboxylic acids is 2. The number of hydrogen-bond acceptors (Lipinski definition) is 3. The first kappa shape index (κ1) is 18.7. The average Bonchev–Trinajstić information content (AvgIpc) is 2.48. The molecule has 0 saturated carbocycles. The van der Waals surface area contributed by atoms with E-state index in [0.717, 1.165) is 5.56 Å². The lowest BCUT2D eigenvalue weighted by atomic mass is 9.91. The van der Waals surface area contributed by atoms with E-state index in [-0.39, 0.29) is 17.2 Å². The quantitative estimate of drug-likeness (QED) is 0.906. The van der Waals surface area contributed by atoms with Crippen molar-refractivity contribution in [2.75, 3.05) is 26.2 Å². The summed E-state index contributed by atoms with van der Waals surface area (Å²) in [6.45, 7) is 8.68. The molecule has 5 nitrogen and oxygen atoms in total. The van der Waals surface area contributed by atoms with E-state index in [1.54, 1.807) is 12.1 Å². The first-order valence-electron chi connectivity index (χ1n) is 8.24. The Hall–Kier alpha value is -1.59. The van der Waals surface area contributed by atoms with Gasteiger partial charge in [0.25, 0.3) is 0 Å². The Bertz CT molecular complexity index is 587. The molecule has 0 aliphatic carbocycles. The molecule has 1 saturated heterocycles. The predicted molar refractivity (Wildman–Crippen MR) is 95.6 cm³/mol. The van der Waals surface area contributed by atoms with Gasteiger partial charge in [-0.25, -0.2) is 0 Å². The van der Waals surface area contributed by atoms with Gasteiger partial charge in [-0.2, -0.15) is 0 Å². The molecule has 6 heteroatoms. The fourth-order valence-corrected chi connectivity index (χ4v) is 3.12. The molecule has 2 rings (SSSR count). The van der Waals surface area contributed by atoms with Crippen molar-refractivity contribution < 1.29 is 9.59 Å². The van der Waals surface area contributed by atoms with Gasteiger partial charge in [-0.05, 0) is 23.1 Å². The number of benzene rings is 1. The van der Waals surface area contributed by atoms with E-state index in [1.165, 1.54) is 0 Å². The number of halogens is 1. The second kappa shape index (κ2) is 7.53. The molecule has 24 heavy (non-hydrogen) atoms. The summed E-state index contributed by atoms with van der Waals surface area (Å²) in [4.78, 5) is 28.2. The van der Waals surface area contributed by atoms with Crippen LogP contribution in [0.25, 0.3) is 0 Å². The van der Waals surface area contributed by atoms with Crippen LogP contribution in [0.2, 0.25) is 5.02 Å². The van der Waals surface area contributed by atoms with E-state index in [4.69, 9.17) is 17.3 Å². The van der Waals surface area contributed by atoms with Gasteiger partial charge in [0.1, 0.15) is 6.04 Å². The van der Waals surface area contributed by atoms with Gasteiger partial charge in [-0.15, -0.1) is 0 Å². The van der Waals surface area contributed by atoms with E-state index >= 15 is 0 Å². The van der Waals surface area contributed by atoms with Crippen LogP contribution in [0.5, 0.6) is 0 Å². The molecular formula is C18H26ClN3O2. The summed E-state index contributed by atoms with van der Waals surface area (Å²) < 4.78 is 0. The molecule has 1 aromatic carbocycles. The summed E-state index contributed by atoms with van der Waals surface area (Å²) in [6, 6.07) is 6.69. The van der Waals surface area contributed by atoms with Crippen LogP contribution in [-0.4, -0.2) is 47.8 Å². The SMILES string of the molecule is CC(C)(C)CC(=O)N1CCN([C@H](C(N)=O)c2ccc(Cl)cc2)CC1. The molecule has 0 spiro atoms. The molecule has 0 bridgehead atoms. The van der Waals surface area contributed by atoms with Crippen molar-refractivity contribution in [1.82, 2.24) is 9.80 Å². The standard InChI is InChI=1S/C18H26ClN3O2/c1-18(2,3)12-15(23)21-8-10-22(11-9-21)16(17(20)24)13-4-6-14(19)7-5-13/h4-7,16H,8-12H2,1-3H3,(H2,20,24)/t16-/m0/s1. The molecule has 1 heterocycles. The van der Waals surface area contributed by atoms with Crippen LogP contribution in [0.4, 0.5) is 0 Å². The minimum atomic E-state index is -0.484. The van der Waals surface area contributed by atoms with Gasteiger partial charge in [0.05, 0.1) is 0 Å². The van der Waals surface area contributed by atoms with Gasteiger partial charge < -0.3 is 10.6 Å². The molecule has 1 atom stereocenters. The third-order valence-corrected chi connectivity index (χ3v) is 4.42. The Morgan fingerprint density at radius 1 is 1.12 bits per heavy atom. The smallest absolute Gasteiger partial charge is 0.239 e. The maximum absolute atomic E-state index is 12.3. The third-order valence-electron chi connectivity index (χ3n) is 4.17. The van der Waals surface area contributed by atoms with Crippen LogP contribution < -0.4 is 5.73 Å². The molecule has 0 radical (unpaired) electrons. The number of nitrogens with two attached hydrogens (primary N) is 1. The Morgan fingerprint density at radius 2 is 1.67 bits per heavy atom. The highest BCUT2D eigenvalue weighted by atomic mass is 35.5. The normalized spacial score (nSPS) is 17.6. The first-order chi connectivity index (χ1) is 11.2. The molecule has 1 aliphatic heterocycles. The fraction of sp³-hybridized carbons (Fsp3) is 0.556. The fourth-order valence-electron chi connectivity index (χ4n) is 3.00. The number of amides is 2. The molecule has 1 fully saturated rings. The Kier molecular flexibility index (Phi) is 5.88. The lowest BCUT2D eigenvalue weighted by Gasteiger charge is -2.39. The summed E-state index contributed by atoms with van der Waals surface area (Å²) in [7, 11) is 0. The molecule has 2 amide bonds. The van der Waals surface area contributed by atoms with Gasteiger partial charge in [0.15, 0.2) is 0 Å². The summed E-state index contributed by atoms with van der Waals surface area (Å²) in [5, 5.41) is 0.625. The molecular weight excluding hydrogens is 326 g/mol. The number of piperazine rings is 1. The first-order valence-corrected chi connectivity index (χ1v) is 8.62. The van der Waals surface area contributed by atoms with E-state index in [1.807, 2.05) is 21.9 Å². The van der Waals surface area contributed by atoms with Crippen LogP contribution in [0, 0.1) is 5.41 Å². The summed E-state index contributed by atoms with van der Waals surface area (Å²) in [5.74, 6) is -0.212. The zero-order chi connectivity index (χ0) is 17.9. The maximum atomic E-state index is 12.3. The number of hydrogen-bond donors (Lipinski definition) is 1. The van der Waals surface area contributed by atoms with Crippen molar-refractivity contribution in [2.45, 2.75) is 33.2 Å². The average molecular weight is 352 g/mol. The Balaban J connectivity index is 2.02. The van der Waals surface area contributed by atoms with Crippen molar-refractivity contribution in [2.24, 2.45) is 11.1 Å². The molecule has 0 unspecified atom stereocenters. The van der Waals surface area contributed by atoms with Crippen molar-refractivity contribution >= 4 is 23.4 Å². The van der Waals surface area contributed by atoms with Crippen LogP contribution in [0.3, 0.4) is 0 Å². The molecule has 1 aliphatic rings. The lowest BCUT2D eigenvalue weighted by Crippen LogP contribution is -2.52. The van der Waals surface area contributed by atoms with E-state index in [0.29, 0.717) is 37.6 Å². The minimum Gasteiger partial charge on any atom is -0.368 e. The molecule has 0 aromatic heterocycles. The monoisotopic (exact) mass is 351 g/mol. The number of nitrogens with zero attached hydrogens (tertiary/aromatic N) is 2. The van der Waals surface area contributed by atoms with Gasteiger partial charge in [0, 0.05) is 37.6 Å². The highest BCUT2D eigenvalue weighted by molar-refractivity contribution is 6.30. The van der Waals surface area contributed by atoms with Crippen LogP contribution in [0.15, 0.2) is 24.3 Å². The van der Waals surface area contributed by atoms with Crippen LogP contribution >= 0.6 is 11.6 Å². The predicted octanol–water partition coefficient (Wildman–Crippen LogP) is 2.45. The Morgan fingerprint density at radius 3 is 2.12 bits per heavy atom. The summed E-state index contributed by atoms with van der Waals surface area (Å²) in [6.07, 6.45) is 0.531. The molecule has 1 aromatic rings. The van der Waals surface area contributed by atoms with E-state index in [9.17, 15) is 9.59 Å². The Labute approximate surface area is 148 Å². The van der Waals surface area contributed by atoms with Crippen LogP contribution in [0.1, 0.15) is 38.8 Å². The second-order valence-electron chi connectivity index (χ2n) is 7.51. The van der Waals surface area contributed by atoms with Gasteiger partial charge >= 0.3 is 0 Å². The van der Waals surface area contributed by atoms with Crippen molar-refractivity contribution in [3.63, 3.8) is 0 Å². The topological polar surface area (TPSA) is 66.6 Å². The number of rotatable bonds is 4. The third kappa shape index (κ3) is 4.95. The van der Waals surface area contributed by atoms with Crippen molar-refractivity contribution in [3.8, 4) is 0 Å². The maximum Gasteiger partial charge on any atom is 0.239 e. The van der Waals surface area contributed by atoms with Crippen LogP contribution in [-0.2, 0) is 9.59 Å². The largest absolute Gasteiger partial charge is 0.368 e. The summed E-state index contributed by atoms with van der Waals surface area (Å²) >= 11 is 5.91. The molecule has 2 N–H and O–H groups in total. The number of primary amides is 1.